The zero-order chi connectivity index (χ0) is 19.6. The van der Waals surface area contributed by atoms with Gasteiger partial charge in [0, 0.05) is 18.0 Å². The fourth-order valence-electron chi connectivity index (χ4n) is 2.35. The van der Waals surface area contributed by atoms with Crippen LogP contribution in [0.5, 0.6) is 0 Å². The van der Waals surface area contributed by atoms with Gasteiger partial charge in [0.15, 0.2) is 16.7 Å². The molecule has 138 valence electrons. The average Bonchev–Trinajstić information content (AvgIpc) is 3.27. The van der Waals surface area contributed by atoms with Crippen LogP contribution in [0.2, 0.25) is 5.02 Å². The summed E-state index contributed by atoms with van der Waals surface area (Å²) < 4.78 is 18.5. The lowest BCUT2D eigenvalue weighted by Crippen LogP contribution is -2.22. The lowest BCUT2D eigenvalue weighted by Gasteiger charge is -2.01. The molecule has 0 unspecified atom stereocenters. The number of halogens is 2. The fraction of sp³-hybridized carbons (Fsp3) is 0.111. The lowest BCUT2D eigenvalue weighted by atomic mass is 10.0. The number of benzene rings is 1. The molecule has 1 N–H and O–H groups in total. The van der Waals surface area contributed by atoms with Crippen LogP contribution >= 0.6 is 22.9 Å². The first-order valence-electron chi connectivity index (χ1n) is 7.68. The average molecular weight is 407 g/mol. The van der Waals surface area contributed by atoms with Crippen molar-refractivity contribution in [1.29, 1.82) is 0 Å². The highest BCUT2D eigenvalue weighted by molar-refractivity contribution is 7.13. The number of carbonyl (C=O) groups is 3. The Morgan fingerprint density at radius 1 is 1.30 bits per heavy atom. The van der Waals surface area contributed by atoms with Gasteiger partial charge >= 0.3 is 5.91 Å². The summed E-state index contributed by atoms with van der Waals surface area (Å²) >= 11 is 6.88. The van der Waals surface area contributed by atoms with Gasteiger partial charge < -0.3 is 4.42 Å². The molecule has 3 rings (SSSR count). The third-order valence-corrected chi connectivity index (χ3v) is 4.63. The van der Waals surface area contributed by atoms with E-state index >= 15 is 0 Å². The number of nitrogens with zero attached hydrogens (tertiary/aromatic N) is 1. The van der Waals surface area contributed by atoms with Gasteiger partial charge in [-0.2, -0.15) is 0 Å². The second kappa shape index (κ2) is 7.81. The summed E-state index contributed by atoms with van der Waals surface area (Å²) in [5.41, 5.74) is 0.683. The largest absolute Gasteiger partial charge is 0.457 e. The van der Waals surface area contributed by atoms with E-state index in [1.165, 1.54) is 37.4 Å². The van der Waals surface area contributed by atoms with E-state index in [4.69, 9.17) is 16.0 Å². The van der Waals surface area contributed by atoms with E-state index in [0.29, 0.717) is 5.56 Å². The molecule has 6 nitrogen and oxygen atoms in total. The van der Waals surface area contributed by atoms with Gasteiger partial charge in [0.25, 0.3) is 5.78 Å². The summed E-state index contributed by atoms with van der Waals surface area (Å²) in [7, 11) is 0. The molecule has 0 saturated carbocycles. The van der Waals surface area contributed by atoms with Gasteiger partial charge in [-0.1, -0.05) is 17.7 Å². The van der Waals surface area contributed by atoms with Crippen LogP contribution in [0.3, 0.4) is 0 Å². The summed E-state index contributed by atoms with van der Waals surface area (Å²) in [5, 5.41) is 4.20. The number of hydrogen-bond donors (Lipinski definition) is 1. The van der Waals surface area contributed by atoms with Crippen molar-refractivity contribution in [2.75, 3.05) is 5.32 Å². The third-order valence-electron chi connectivity index (χ3n) is 3.65. The van der Waals surface area contributed by atoms with Crippen molar-refractivity contribution in [1.82, 2.24) is 4.98 Å². The lowest BCUT2D eigenvalue weighted by molar-refractivity contribution is -0.112. The van der Waals surface area contributed by atoms with Crippen LogP contribution in [0.4, 0.5) is 9.52 Å². The van der Waals surface area contributed by atoms with Gasteiger partial charge in [0.05, 0.1) is 10.6 Å². The number of furan rings is 1. The number of ketones is 2. The topological polar surface area (TPSA) is 89.3 Å². The Balaban J connectivity index is 1.74. The van der Waals surface area contributed by atoms with Crippen molar-refractivity contribution >= 4 is 45.5 Å². The number of Topliss-reactive ketones (excluding diaryl/α,β-unsaturated/α-hetero) is 2. The zero-order valence-electron chi connectivity index (χ0n) is 13.9. The molecule has 3 aromatic rings. The molecule has 1 aromatic carbocycles. The Kier molecular flexibility index (Phi) is 5.48. The number of aromatic nitrogens is 1. The SMILES string of the molecule is Cc1oc(C(=O)C(=O)Nc2nccs2)cc1C(=O)Cc1ccc(F)c(Cl)c1. The van der Waals surface area contributed by atoms with Gasteiger partial charge in [-0.25, -0.2) is 9.37 Å². The van der Waals surface area contributed by atoms with Crippen LogP contribution < -0.4 is 5.32 Å². The second-order valence-corrected chi connectivity index (χ2v) is 6.85. The normalized spacial score (nSPS) is 10.6. The summed E-state index contributed by atoms with van der Waals surface area (Å²) in [6.07, 6.45) is 1.43. The van der Waals surface area contributed by atoms with Crippen molar-refractivity contribution in [3.8, 4) is 0 Å². The molecule has 1 amide bonds. The number of thiazole rings is 1. The molecule has 0 spiro atoms. The monoisotopic (exact) mass is 406 g/mol. The maximum absolute atomic E-state index is 13.2. The number of carbonyl (C=O) groups excluding carboxylic acids is 3. The van der Waals surface area contributed by atoms with Crippen molar-refractivity contribution in [2.45, 2.75) is 13.3 Å². The Morgan fingerprint density at radius 3 is 2.74 bits per heavy atom. The molecule has 0 aliphatic heterocycles. The molecule has 0 bridgehead atoms. The Bertz CT molecular complexity index is 1030. The maximum atomic E-state index is 13.2. The minimum absolute atomic E-state index is 0.0562. The minimum atomic E-state index is -0.919. The highest BCUT2D eigenvalue weighted by Crippen LogP contribution is 2.21. The predicted molar refractivity (Wildman–Crippen MR) is 98.0 cm³/mol. The summed E-state index contributed by atoms with van der Waals surface area (Å²) in [6, 6.07) is 5.21. The van der Waals surface area contributed by atoms with Crippen LogP contribution in [0.1, 0.15) is 32.2 Å². The molecule has 0 aliphatic carbocycles. The molecule has 0 aliphatic rings. The van der Waals surface area contributed by atoms with E-state index in [9.17, 15) is 18.8 Å². The number of rotatable bonds is 6. The molecule has 0 atom stereocenters. The number of nitrogens with one attached hydrogen (secondary N) is 1. The van der Waals surface area contributed by atoms with Crippen molar-refractivity contribution in [2.24, 2.45) is 0 Å². The molecule has 2 heterocycles. The van der Waals surface area contributed by atoms with E-state index < -0.39 is 17.5 Å². The molecular weight excluding hydrogens is 395 g/mol. The van der Waals surface area contributed by atoms with E-state index in [1.807, 2.05) is 0 Å². The summed E-state index contributed by atoms with van der Waals surface area (Å²) in [4.78, 5) is 40.5. The number of anilines is 1. The first kappa shape index (κ1) is 18.9. The van der Waals surface area contributed by atoms with Gasteiger partial charge in [-0.15, -0.1) is 11.3 Å². The molecule has 0 radical (unpaired) electrons. The van der Waals surface area contributed by atoms with Gasteiger partial charge in [0.1, 0.15) is 11.6 Å². The van der Waals surface area contributed by atoms with Gasteiger partial charge in [0.2, 0.25) is 0 Å². The molecule has 27 heavy (non-hydrogen) atoms. The molecule has 0 saturated heterocycles. The Hall–Kier alpha value is -2.84. The van der Waals surface area contributed by atoms with Crippen molar-refractivity contribution < 1.29 is 23.2 Å². The quantitative estimate of drug-likeness (QED) is 0.492. The minimum Gasteiger partial charge on any atom is -0.457 e. The summed E-state index contributed by atoms with van der Waals surface area (Å²) in [5.74, 6) is -2.80. The van der Waals surface area contributed by atoms with E-state index in [1.54, 1.807) is 5.38 Å². The zero-order valence-corrected chi connectivity index (χ0v) is 15.5. The highest BCUT2D eigenvalue weighted by atomic mass is 35.5. The Labute approximate surface area is 162 Å². The van der Waals surface area contributed by atoms with E-state index in [2.05, 4.69) is 10.3 Å². The van der Waals surface area contributed by atoms with Crippen LogP contribution in [-0.4, -0.2) is 22.5 Å². The molecule has 9 heteroatoms. The fourth-order valence-corrected chi connectivity index (χ4v) is 3.08. The molecule has 0 fully saturated rings. The van der Waals surface area contributed by atoms with Gasteiger partial charge in [-0.05, 0) is 30.7 Å². The van der Waals surface area contributed by atoms with Crippen LogP contribution in [0.15, 0.2) is 40.3 Å². The second-order valence-electron chi connectivity index (χ2n) is 5.55. The maximum Gasteiger partial charge on any atom is 0.301 e. The molecule has 2 aromatic heterocycles. The van der Waals surface area contributed by atoms with Gasteiger partial charge in [-0.3, -0.25) is 19.7 Å². The first-order chi connectivity index (χ1) is 12.8. The first-order valence-corrected chi connectivity index (χ1v) is 8.93. The van der Waals surface area contributed by atoms with Crippen molar-refractivity contribution in [3.05, 3.63) is 69.3 Å². The Morgan fingerprint density at radius 2 is 2.07 bits per heavy atom. The predicted octanol–water partition coefficient (Wildman–Crippen LogP) is 4.08. The molecular formula is C18H12ClFN2O4S. The standard InChI is InChI=1S/C18H12ClFN2O4S/c1-9-11(14(23)7-10-2-3-13(20)12(19)6-10)8-15(26-9)16(24)17(25)22-18-21-4-5-27-18/h2-6,8H,7H2,1H3,(H,21,22,25). The third kappa shape index (κ3) is 4.29. The van der Waals surface area contributed by atoms with Crippen LogP contribution in [0, 0.1) is 12.7 Å². The van der Waals surface area contributed by atoms with E-state index in [-0.39, 0.29) is 39.4 Å². The number of hydrogen-bond acceptors (Lipinski definition) is 6. The summed E-state index contributed by atoms with van der Waals surface area (Å²) in [6.45, 7) is 1.51. The van der Waals surface area contributed by atoms with E-state index in [0.717, 1.165) is 11.3 Å². The number of amides is 1. The van der Waals surface area contributed by atoms with Crippen LogP contribution in [0.25, 0.3) is 0 Å². The van der Waals surface area contributed by atoms with Crippen LogP contribution in [-0.2, 0) is 11.2 Å². The smallest absolute Gasteiger partial charge is 0.301 e. The van der Waals surface area contributed by atoms with Crippen molar-refractivity contribution in [3.63, 3.8) is 0 Å². The number of aryl methyl sites for hydroxylation is 1. The highest BCUT2D eigenvalue weighted by Gasteiger charge is 2.24.